The van der Waals surface area contributed by atoms with E-state index in [4.69, 9.17) is 4.74 Å². The summed E-state index contributed by atoms with van der Waals surface area (Å²) in [6, 6.07) is 8.09. The van der Waals surface area contributed by atoms with Crippen LogP contribution >= 0.6 is 0 Å². The lowest BCUT2D eigenvalue weighted by Gasteiger charge is -2.25. The van der Waals surface area contributed by atoms with Crippen LogP contribution in [0.3, 0.4) is 0 Å². The molecule has 1 saturated heterocycles. The molecular formula is C23H29N5O4. The molecule has 4 rings (SSSR count). The average Bonchev–Trinajstić information content (AvgIpc) is 3.45. The van der Waals surface area contributed by atoms with Crippen molar-refractivity contribution >= 4 is 17.1 Å². The van der Waals surface area contributed by atoms with E-state index in [2.05, 4.69) is 4.98 Å². The molecule has 3 heterocycles. The summed E-state index contributed by atoms with van der Waals surface area (Å²) >= 11 is 0. The Morgan fingerprint density at radius 1 is 1.16 bits per heavy atom. The summed E-state index contributed by atoms with van der Waals surface area (Å²) in [7, 11) is 3.05. The molecule has 32 heavy (non-hydrogen) atoms. The fourth-order valence-electron chi connectivity index (χ4n) is 4.48. The van der Waals surface area contributed by atoms with Crippen molar-refractivity contribution < 1.29 is 9.53 Å². The van der Waals surface area contributed by atoms with Gasteiger partial charge in [0.15, 0.2) is 11.2 Å². The molecule has 0 radical (unpaired) electrons. The first kappa shape index (κ1) is 21.9. The van der Waals surface area contributed by atoms with Crippen molar-refractivity contribution in [3.8, 4) is 5.75 Å². The number of nitrogens with zero attached hydrogens (tertiary/aromatic N) is 5. The van der Waals surface area contributed by atoms with Gasteiger partial charge in [-0.2, -0.15) is 0 Å². The molecule has 0 saturated carbocycles. The number of benzene rings is 1. The molecule has 9 nitrogen and oxygen atoms in total. The summed E-state index contributed by atoms with van der Waals surface area (Å²) < 4.78 is 9.70. The van der Waals surface area contributed by atoms with Gasteiger partial charge in [0, 0.05) is 33.6 Å². The second-order valence-corrected chi connectivity index (χ2v) is 8.17. The number of carbonyl (C=O) groups excluding carboxylic acids is 1. The Balaban J connectivity index is 1.43. The van der Waals surface area contributed by atoms with Gasteiger partial charge in [0.1, 0.15) is 5.75 Å². The van der Waals surface area contributed by atoms with E-state index in [1.807, 2.05) is 36.1 Å². The minimum atomic E-state index is -0.405. The SMILES string of the molecule is CCOc1ccc([C@H]2CCCN2C(=O)CCCn2cnc3c2c(=O)n(C)c(=O)n3C)cc1. The van der Waals surface area contributed by atoms with Gasteiger partial charge in [-0.25, -0.2) is 9.78 Å². The quantitative estimate of drug-likeness (QED) is 0.561. The number of fused-ring (bicyclic) bond motifs is 1. The molecule has 1 aliphatic rings. The molecule has 2 aromatic heterocycles. The summed E-state index contributed by atoms with van der Waals surface area (Å²) in [6.07, 6.45) is 4.48. The third-order valence-electron chi connectivity index (χ3n) is 6.16. The van der Waals surface area contributed by atoms with E-state index in [-0.39, 0.29) is 17.5 Å². The molecule has 1 fully saturated rings. The first-order valence-corrected chi connectivity index (χ1v) is 11.1. The monoisotopic (exact) mass is 439 g/mol. The molecule has 0 aliphatic carbocycles. The van der Waals surface area contributed by atoms with Crippen LogP contribution in [0.2, 0.25) is 0 Å². The van der Waals surface area contributed by atoms with E-state index in [0.717, 1.165) is 35.3 Å². The topological polar surface area (TPSA) is 91.4 Å². The van der Waals surface area contributed by atoms with Crippen LogP contribution in [-0.2, 0) is 25.4 Å². The van der Waals surface area contributed by atoms with Crippen molar-refractivity contribution in [1.82, 2.24) is 23.6 Å². The van der Waals surface area contributed by atoms with Gasteiger partial charge in [-0.1, -0.05) is 12.1 Å². The summed E-state index contributed by atoms with van der Waals surface area (Å²) in [4.78, 5) is 43.8. The maximum absolute atomic E-state index is 13.0. The number of carbonyl (C=O) groups is 1. The number of rotatable bonds is 7. The Hall–Kier alpha value is -3.36. The van der Waals surface area contributed by atoms with Crippen LogP contribution in [0, 0.1) is 0 Å². The number of ether oxygens (including phenoxy) is 1. The molecule has 0 N–H and O–H groups in total. The number of likely N-dealkylation sites (tertiary alicyclic amines) is 1. The Morgan fingerprint density at radius 2 is 1.91 bits per heavy atom. The lowest BCUT2D eigenvalue weighted by Crippen LogP contribution is -2.37. The lowest BCUT2D eigenvalue weighted by molar-refractivity contribution is -0.132. The van der Waals surface area contributed by atoms with Gasteiger partial charge < -0.3 is 14.2 Å². The van der Waals surface area contributed by atoms with E-state index < -0.39 is 5.69 Å². The van der Waals surface area contributed by atoms with Crippen LogP contribution in [-0.4, -0.2) is 42.6 Å². The highest BCUT2D eigenvalue weighted by atomic mass is 16.5. The van der Waals surface area contributed by atoms with Crippen molar-refractivity contribution in [2.75, 3.05) is 13.2 Å². The Bertz CT molecular complexity index is 1240. The molecule has 1 aliphatic heterocycles. The van der Waals surface area contributed by atoms with Crippen LogP contribution < -0.4 is 16.0 Å². The van der Waals surface area contributed by atoms with Gasteiger partial charge in [0.25, 0.3) is 5.56 Å². The molecule has 170 valence electrons. The highest BCUT2D eigenvalue weighted by molar-refractivity contribution is 5.77. The predicted octanol–water partition coefficient (Wildman–Crippen LogP) is 1.98. The lowest BCUT2D eigenvalue weighted by atomic mass is 10.0. The molecule has 1 amide bonds. The van der Waals surface area contributed by atoms with Gasteiger partial charge in [0.2, 0.25) is 5.91 Å². The van der Waals surface area contributed by atoms with E-state index in [1.54, 1.807) is 17.9 Å². The Labute approximate surface area is 185 Å². The van der Waals surface area contributed by atoms with Crippen LogP contribution in [0.4, 0.5) is 0 Å². The van der Waals surface area contributed by atoms with Crippen LogP contribution in [0.1, 0.15) is 44.2 Å². The predicted molar refractivity (Wildman–Crippen MR) is 121 cm³/mol. The van der Waals surface area contributed by atoms with Crippen molar-refractivity contribution in [2.24, 2.45) is 14.1 Å². The van der Waals surface area contributed by atoms with Gasteiger partial charge in [0.05, 0.1) is 19.0 Å². The highest BCUT2D eigenvalue weighted by Crippen LogP contribution is 2.33. The smallest absolute Gasteiger partial charge is 0.332 e. The fourth-order valence-corrected chi connectivity index (χ4v) is 4.48. The highest BCUT2D eigenvalue weighted by Gasteiger charge is 2.29. The first-order valence-electron chi connectivity index (χ1n) is 11.1. The minimum Gasteiger partial charge on any atom is -0.494 e. The average molecular weight is 440 g/mol. The Morgan fingerprint density at radius 3 is 2.62 bits per heavy atom. The normalized spacial score (nSPS) is 16.1. The van der Waals surface area contributed by atoms with Gasteiger partial charge in [-0.15, -0.1) is 0 Å². The molecule has 1 aromatic carbocycles. The van der Waals surface area contributed by atoms with Crippen LogP contribution in [0.15, 0.2) is 40.2 Å². The van der Waals surface area contributed by atoms with E-state index >= 15 is 0 Å². The second-order valence-electron chi connectivity index (χ2n) is 8.17. The number of hydrogen-bond donors (Lipinski definition) is 0. The zero-order chi connectivity index (χ0) is 22.8. The molecule has 0 unspecified atom stereocenters. The molecule has 1 atom stereocenters. The zero-order valence-corrected chi connectivity index (χ0v) is 18.8. The molecular weight excluding hydrogens is 410 g/mol. The minimum absolute atomic E-state index is 0.0917. The third kappa shape index (κ3) is 3.94. The Kier molecular flexibility index (Phi) is 6.16. The molecule has 3 aromatic rings. The number of imidazole rings is 1. The summed E-state index contributed by atoms with van der Waals surface area (Å²) in [6.45, 7) is 3.82. The van der Waals surface area contributed by atoms with E-state index in [0.29, 0.717) is 37.2 Å². The van der Waals surface area contributed by atoms with Crippen molar-refractivity contribution in [3.63, 3.8) is 0 Å². The van der Waals surface area contributed by atoms with Crippen LogP contribution in [0.5, 0.6) is 5.75 Å². The van der Waals surface area contributed by atoms with Crippen molar-refractivity contribution in [3.05, 3.63) is 57.0 Å². The largest absolute Gasteiger partial charge is 0.494 e. The summed E-state index contributed by atoms with van der Waals surface area (Å²) in [5.74, 6) is 0.953. The second kappa shape index (κ2) is 9.02. The standard InChI is InChI=1S/C23H29N5O4/c1-4-32-17-11-9-16(10-12-17)18-7-5-14-28(18)19(29)8-6-13-27-15-24-21-20(27)22(30)26(3)23(31)25(21)2/h9-12,15,18H,4-8,13-14H2,1-3H3/t18-/m1/s1. The number of hydrogen-bond acceptors (Lipinski definition) is 5. The van der Waals surface area contributed by atoms with Crippen molar-refractivity contribution in [2.45, 2.75) is 45.2 Å². The third-order valence-corrected chi connectivity index (χ3v) is 6.16. The molecule has 9 heteroatoms. The number of amides is 1. The van der Waals surface area contributed by atoms with E-state index in [1.165, 1.54) is 11.6 Å². The fraction of sp³-hybridized carbons (Fsp3) is 0.478. The zero-order valence-electron chi connectivity index (χ0n) is 18.8. The van der Waals surface area contributed by atoms with Gasteiger partial charge in [-0.05, 0) is 43.9 Å². The summed E-state index contributed by atoms with van der Waals surface area (Å²) in [5.41, 5.74) is 1.10. The maximum atomic E-state index is 13.0. The van der Waals surface area contributed by atoms with Gasteiger partial charge >= 0.3 is 5.69 Å². The number of aryl methyl sites for hydroxylation is 2. The van der Waals surface area contributed by atoms with Crippen LogP contribution in [0.25, 0.3) is 11.2 Å². The number of aromatic nitrogens is 4. The summed E-state index contributed by atoms with van der Waals surface area (Å²) in [5, 5.41) is 0. The van der Waals surface area contributed by atoms with E-state index in [9.17, 15) is 14.4 Å². The van der Waals surface area contributed by atoms with Gasteiger partial charge in [-0.3, -0.25) is 18.7 Å². The van der Waals surface area contributed by atoms with Crippen molar-refractivity contribution in [1.29, 1.82) is 0 Å². The molecule has 0 spiro atoms. The maximum Gasteiger partial charge on any atom is 0.332 e. The first-order chi connectivity index (χ1) is 15.4. The molecule has 0 bridgehead atoms.